The maximum Gasteiger partial charge on any atom is 0.241 e. The summed E-state index contributed by atoms with van der Waals surface area (Å²) in [5.41, 5.74) is 3.71. The second-order valence-electron chi connectivity index (χ2n) is 8.09. The summed E-state index contributed by atoms with van der Waals surface area (Å²) < 4.78 is 24.9. The average molecular weight is 515 g/mol. The van der Waals surface area contributed by atoms with Crippen LogP contribution in [0.5, 0.6) is 5.75 Å². The highest BCUT2D eigenvalue weighted by Crippen LogP contribution is 2.37. The standard InChI is InChI=1S/C28H20ClFN4O3/c29-23-15-21(30)10-9-19(23)14-25(35)33-28-26(24-11-12-31-17-32-24)27(34-37-28)20-7-4-8-22(13-20)36-16-18-5-2-1-3-6-18/h1-13,15,17H,14,16H2,(H,33,35). The molecule has 9 heteroatoms. The van der Waals surface area contributed by atoms with Crippen LogP contribution in [0, 0.1) is 5.82 Å². The summed E-state index contributed by atoms with van der Waals surface area (Å²) in [4.78, 5) is 21.1. The molecule has 3 aromatic carbocycles. The molecule has 0 bridgehead atoms. The average Bonchev–Trinajstić information content (AvgIpc) is 3.34. The third kappa shape index (κ3) is 5.82. The van der Waals surface area contributed by atoms with Gasteiger partial charge in [0.25, 0.3) is 0 Å². The van der Waals surface area contributed by atoms with Crippen LogP contribution in [0.1, 0.15) is 11.1 Å². The van der Waals surface area contributed by atoms with Crippen LogP contribution in [-0.2, 0) is 17.8 Å². The highest BCUT2D eigenvalue weighted by Gasteiger charge is 2.23. The molecule has 0 fully saturated rings. The summed E-state index contributed by atoms with van der Waals surface area (Å²) in [6.45, 7) is 0.412. The number of hydrogen-bond acceptors (Lipinski definition) is 6. The van der Waals surface area contributed by atoms with Gasteiger partial charge in [-0.05, 0) is 41.5 Å². The van der Waals surface area contributed by atoms with Gasteiger partial charge in [-0.25, -0.2) is 14.4 Å². The van der Waals surface area contributed by atoms with Crippen molar-refractivity contribution in [1.82, 2.24) is 15.1 Å². The van der Waals surface area contributed by atoms with Crippen molar-refractivity contribution in [2.24, 2.45) is 0 Å². The highest BCUT2D eigenvalue weighted by molar-refractivity contribution is 6.31. The number of rotatable bonds is 8. The zero-order chi connectivity index (χ0) is 25.6. The molecular weight excluding hydrogens is 495 g/mol. The third-order valence-electron chi connectivity index (χ3n) is 5.51. The summed E-state index contributed by atoms with van der Waals surface area (Å²) >= 11 is 6.08. The number of hydrogen-bond donors (Lipinski definition) is 1. The minimum atomic E-state index is -0.477. The molecule has 0 aliphatic rings. The molecule has 0 aliphatic carbocycles. The van der Waals surface area contributed by atoms with Crippen molar-refractivity contribution in [1.29, 1.82) is 0 Å². The molecule has 0 saturated carbocycles. The number of halogens is 2. The number of benzene rings is 3. The molecule has 5 rings (SSSR count). The van der Waals surface area contributed by atoms with E-state index >= 15 is 0 Å². The maximum absolute atomic E-state index is 13.4. The van der Waals surface area contributed by atoms with E-state index in [1.165, 1.54) is 18.5 Å². The molecule has 184 valence electrons. The minimum absolute atomic E-state index is 0.0822. The SMILES string of the molecule is O=C(Cc1ccc(F)cc1Cl)Nc1onc(-c2cccc(OCc3ccccc3)c2)c1-c1ccncn1. The largest absolute Gasteiger partial charge is 0.489 e. The van der Waals surface area contributed by atoms with Crippen molar-refractivity contribution in [3.8, 4) is 28.3 Å². The normalized spacial score (nSPS) is 10.8. The zero-order valence-corrected chi connectivity index (χ0v) is 20.2. The molecule has 5 aromatic rings. The molecule has 2 heterocycles. The van der Waals surface area contributed by atoms with Crippen molar-refractivity contribution in [3.05, 3.63) is 113 Å². The van der Waals surface area contributed by atoms with Crippen LogP contribution >= 0.6 is 11.6 Å². The van der Waals surface area contributed by atoms with E-state index in [0.29, 0.717) is 40.4 Å². The van der Waals surface area contributed by atoms with Gasteiger partial charge in [0.15, 0.2) is 0 Å². The Morgan fingerprint density at radius 1 is 1.03 bits per heavy atom. The number of ether oxygens (including phenoxy) is 1. The van der Waals surface area contributed by atoms with Crippen LogP contribution in [0.15, 0.2) is 95.9 Å². The molecule has 0 atom stereocenters. The van der Waals surface area contributed by atoms with Crippen LogP contribution < -0.4 is 10.1 Å². The Morgan fingerprint density at radius 2 is 1.89 bits per heavy atom. The molecule has 2 aromatic heterocycles. The van der Waals surface area contributed by atoms with Gasteiger partial charge in [-0.1, -0.05) is 65.3 Å². The lowest BCUT2D eigenvalue weighted by Gasteiger charge is -2.09. The van der Waals surface area contributed by atoms with Gasteiger partial charge < -0.3 is 9.26 Å². The summed E-state index contributed by atoms with van der Waals surface area (Å²) in [7, 11) is 0. The third-order valence-corrected chi connectivity index (χ3v) is 5.86. The quantitative estimate of drug-likeness (QED) is 0.259. The van der Waals surface area contributed by atoms with Crippen LogP contribution in [0.3, 0.4) is 0 Å². The van der Waals surface area contributed by atoms with Gasteiger partial charge in [0, 0.05) is 16.8 Å². The first-order chi connectivity index (χ1) is 18.1. The number of amides is 1. The molecule has 0 aliphatic heterocycles. The Kier molecular flexibility index (Phi) is 7.19. The molecule has 1 amide bonds. The molecule has 7 nitrogen and oxygen atoms in total. The lowest BCUT2D eigenvalue weighted by molar-refractivity contribution is -0.115. The van der Waals surface area contributed by atoms with Gasteiger partial charge in [-0.3, -0.25) is 10.1 Å². The van der Waals surface area contributed by atoms with E-state index in [9.17, 15) is 9.18 Å². The number of nitrogens with zero attached hydrogens (tertiary/aromatic N) is 3. The summed E-state index contributed by atoms with van der Waals surface area (Å²) in [5, 5.41) is 7.13. The summed E-state index contributed by atoms with van der Waals surface area (Å²) in [6, 6.07) is 22.8. The first-order valence-corrected chi connectivity index (χ1v) is 11.7. The van der Waals surface area contributed by atoms with Gasteiger partial charge >= 0.3 is 0 Å². The second kappa shape index (κ2) is 11.0. The molecular formula is C28H20ClFN4O3. The van der Waals surface area contributed by atoms with E-state index in [4.69, 9.17) is 20.9 Å². The van der Waals surface area contributed by atoms with Crippen LogP contribution in [0.2, 0.25) is 5.02 Å². The number of carbonyl (C=O) groups excluding carboxylic acids is 1. The Hall–Kier alpha value is -4.56. The number of carbonyl (C=O) groups is 1. The number of nitrogens with one attached hydrogen (secondary N) is 1. The van der Waals surface area contributed by atoms with Gasteiger partial charge in [0.1, 0.15) is 30.2 Å². The van der Waals surface area contributed by atoms with E-state index in [1.54, 1.807) is 12.3 Å². The zero-order valence-electron chi connectivity index (χ0n) is 19.4. The Morgan fingerprint density at radius 3 is 2.68 bits per heavy atom. The second-order valence-corrected chi connectivity index (χ2v) is 8.50. The lowest BCUT2D eigenvalue weighted by Crippen LogP contribution is -2.15. The highest BCUT2D eigenvalue weighted by atomic mass is 35.5. The molecule has 0 saturated heterocycles. The van der Waals surface area contributed by atoms with E-state index in [2.05, 4.69) is 20.4 Å². The predicted molar refractivity (Wildman–Crippen MR) is 137 cm³/mol. The number of anilines is 1. The fourth-order valence-electron chi connectivity index (χ4n) is 3.73. The molecule has 0 radical (unpaired) electrons. The van der Waals surface area contributed by atoms with Gasteiger partial charge in [-0.2, -0.15) is 0 Å². The summed E-state index contributed by atoms with van der Waals surface area (Å²) in [5.74, 6) is -0.122. The molecule has 1 N–H and O–H groups in total. The van der Waals surface area contributed by atoms with Crippen molar-refractivity contribution >= 4 is 23.4 Å². The first-order valence-electron chi connectivity index (χ1n) is 11.3. The topological polar surface area (TPSA) is 90.1 Å². The van der Waals surface area contributed by atoms with E-state index in [0.717, 1.165) is 11.6 Å². The minimum Gasteiger partial charge on any atom is -0.489 e. The van der Waals surface area contributed by atoms with Crippen molar-refractivity contribution in [2.75, 3.05) is 5.32 Å². The van der Waals surface area contributed by atoms with E-state index in [1.807, 2.05) is 54.6 Å². The predicted octanol–water partition coefficient (Wildman–Crippen LogP) is 6.35. The molecule has 0 unspecified atom stereocenters. The maximum atomic E-state index is 13.4. The van der Waals surface area contributed by atoms with Crippen LogP contribution in [0.25, 0.3) is 22.5 Å². The van der Waals surface area contributed by atoms with Gasteiger partial charge in [-0.15, -0.1) is 0 Å². The van der Waals surface area contributed by atoms with Crippen molar-refractivity contribution in [3.63, 3.8) is 0 Å². The molecule has 37 heavy (non-hydrogen) atoms. The van der Waals surface area contributed by atoms with E-state index < -0.39 is 11.7 Å². The van der Waals surface area contributed by atoms with Crippen LogP contribution in [-0.4, -0.2) is 21.0 Å². The number of aromatic nitrogens is 3. The fourth-order valence-corrected chi connectivity index (χ4v) is 3.97. The van der Waals surface area contributed by atoms with Gasteiger partial charge in [0.05, 0.1) is 17.7 Å². The lowest BCUT2D eigenvalue weighted by atomic mass is 10.0. The Bertz CT molecular complexity index is 1530. The van der Waals surface area contributed by atoms with Gasteiger partial charge in [0.2, 0.25) is 11.8 Å². The summed E-state index contributed by atoms with van der Waals surface area (Å²) in [6.07, 6.45) is 2.90. The van der Waals surface area contributed by atoms with E-state index in [-0.39, 0.29) is 17.3 Å². The smallest absolute Gasteiger partial charge is 0.241 e. The Labute approximate surface area is 216 Å². The molecule has 0 spiro atoms. The van der Waals surface area contributed by atoms with Crippen molar-refractivity contribution in [2.45, 2.75) is 13.0 Å². The fraction of sp³-hybridized carbons (Fsp3) is 0.0714. The first kappa shape index (κ1) is 24.1. The van der Waals surface area contributed by atoms with Crippen molar-refractivity contribution < 1.29 is 18.4 Å². The monoisotopic (exact) mass is 514 g/mol. The Balaban J connectivity index is 1.43. The van der Waals surface area contributed by atoms with Crippen LogP contribution in [0.4, 0.5) is 10.3 Å².